The van der Waals surface area contributed by atoms with Gasteiger partial charge in [-0.1, -0.05) is 68.4 Å². The van der Waals surface area contributed by atoms with Crippen LogP contribution in [0.25, 0.3) is 50.0 Å². The van der Waals surface area contributed by atoms with Crippen molar-refractivity contribution in [2.45, 2.75) is 112 Å². The average Bonchev–Trinajstić information content (AvgIpc) is 3.70. The molecule has 8 aromatic rings. The first kappa shape index (κ1) is 40.4. The predicted molar refractivity (Wildman–Crippen MR) is 246 cm³/mol. The number of fused-ring (bicyclic) bond motifs is 6. The van der Waals surface area contributed by atoms with Gasteiger partial charge < -0.3 is 0 Å². The summed E-state index contributed by atoms with van der Waals surface area (Å²) >= 11 is 2.48. The molecular weight excluding hydrogens is 916 g/mol. The molecular formula is C54H58N4OPt. The van der Waals surface area contributed by atoms with Crippen molar-refractivity contribution in [2.75, 3.05) is 0 Å². The Kier molecular flexibility index (Phi) is 9.10. The molecule has 0 saturated heterocycles. The number of hydrogen-bond acceptors (Lipinski definition) is 2. The van der Waals surface area contributed by atoms with Crippen molar-refractivity contribution in [3.8, 4) is 28.7 Å². The summed E-state index contributed by atoms with van der Waals surface area (Å²) in [5, 5.41) is 2.53. The Hall–Kier alpha value is -4.99. The maximum atomic E-state index is 6.88. The minimum atomic E-state index is -0.0765. The summed E-state index contributed by atoms with van der Waals surface area (Å²) in [6, 6.07) is 39.9. The fourth-order valence-electron chi connectivity index (χ4n) is 9.64. The predicted octanol–water partition coefficient (Wildman–Crippen LogP) is 14.3. The molecule has 0 saturated carbocycles. The van der Waals surface area contributed by atoms with Gasteiger partial charge in [0.15, 0.2) is 0 Å². The van der Waals surface area contributed by atoms with Gasteiger partial charge in [-0.25, -0.2) is 0 Å². The van der Waals surface area contributed by atoms with Gasteiger partial charge in [0.25, 0.3) is 0 Å². The first-order valence-electron chi connectivity index (χ1n) is 21.3. The van der Waals surface area contributed by atoms with Crippen molar-refractivity contribution in [3.63, 3.8) is 0 Å². The van der Waals surface area contributed by atoms with Crippen LogP contribution in [-0.4, -0.2) is 18.7 Å². The number of imidazole rings is 1. The Balaban J connectivity index is 1.21. The molecule has 3 aromatic heterocycles. The third kappa shape index (κ3) is 6.05. The zero-order valence-electron chi connectivity index (χ0n) is 37.5. The van der Waals surface area contributed by atoms with E-state index in [9.17, 15) is 0 Å². The van der Waals surface area contributed by atoms with Crippen molar-refractivity contribution in [1.82, 2.24) is 18.7 Å². The van der Waals surface area contributed by atoms with Crippen LogP contribution in [0.2, 0.25) is 0 Å². The maximum absolute atomic E-state index is 6.88. The Morgan fingerprint density at radius 2 is 1.22 bits per heavy atom. The molecule has 0 radical (unpaired) electrons. The number of hydrogen-bond donors (Lipinski definition) is 0. The van der Waals surface area contributed by atoms with E-state index < -0.39 is 0 Å². The quantitative estimate of drug-likeness (QED) is 0.172. The van der Waals surface area contributed by atoms with E-state index in [1.807, 2.05) is 6.20 Å². The van der Waals surface area contributed by atoms with Crippen molar-refractivity contribution in [2.24, 2.45) is 5.41 Å². The molecule has 310 valence electrons. The van der Waals surface area contributed by atoms with Gasteiger partial charge in [-0.2, -0.15) is 0 Å². The molecule has 1 aliphatic carbocycles. The van der Waals surface area contributed by atoms with Crippen LogP contribution in [-0.2, 0) is 41.0 Å². The van der Waals surface area contributed by atoms with E-state index in [4.69, 9.17) is 9.72 Å². The first-order valence-corrected chi connectivity index (χ1v) is 22.4. The summed E-state index contributed by atoms with van der Waals surface area (Å²) < 4.78 is 15.0. The minimum absolute atomic E-state index is 0.00982. The Morgan fingerprint density at radius 1 is 0.567 bits per heavy atom. The molecule has 0 bridgehead atoms. The van der Waals surface area contributed by atoms with Gasteiger partial charge >= 0.3 is 255 Å². The molecule has 9 rings (SSSR count). The Morgan fingerprint density at radius 3 is 1.92 bits per heavy atom. The molecule has 5 aromatic carbocycles. The third-order valence-electron chi connectivity index (χ3n) is 14.4. The fraction of sp³-hybridized carbons (Fsp3) is 0.333. The van der Waals surface area contributed by atoms with Gasteiger partial charge in [-0.3, -0.25) is 0 Å². The Labute approximate surface area is 366 Å². The number of aryl methyl sites for hydroxylation is 1. The van der Waals surface area contributed by atoms with Crippen LogP contribution in [0.3, 0.4) is 0 Å². The summed E-state index contributed by atoms with van der Waals surface area (Å²) in [6.07, 6.45) is 1.96. The molecule has 0 aliphatic heterocycles. The molecule has 0 fully saturated rings. The van der Waals surface area contributed by atoms with Crippen LogP contribution in [0, 0.1) is 16.1 Å². The van der Waals surface area contributed by atoms with Gasteiger partial charge in [0.2, 0.25) is 0 Å². The zero-order valence-corrected chi connectivity index (χ0v) is 39.8. The molecule has 0 N–H and O–H groups in total. The summed E-state index contributed by atoms with van der Waals surface area (Å²) in [5.41, 5.74) is 13.4. The van der Waals surface area contributed by atoms with Gasteiger partial charge in [-0.05, 0) is 38.9 Å². The normalized spacial score (nSPS) is 15.9. The summed E-state index contributed by atoms with van der Waals surface area (Å²) in [7, 11) is 0. The van der Waals surface area contributed by atoms with Crippen LogP contribution in [0.15, 0.2) is 115 Å². The van der Waals surface area contributed by atoms with Crippen LogP contribution < -0.4 is 4.74 Å². The second-order valence-corrected chi connectivity index (χ2v) is 21.7. The van der Waals surface area contributed by atoms with Gasteiger partial charge in [0.1, 0.15) is 0 Å². The van der Waals surface area contributed by atoms with Crippen molar-refractivity contribution >= 4 is 32.8 Å². The summed E-state index contributed by atoms with van der Waals surface area (Å²) in [5.74, 6) is 2.48. The number of ether oxygens (including phenoxy) is 1. The molecule has 0 unspecified atom stereocenters. The topological polar surface area (TPSA) is 36.9 Å². The molecule has 6 heteroatoms. The van der Waals surface area contributed by atoms with E-state index in [1.54, 1.807) is 0 Å². The van der Waals surface area contributed by atoms with E-state index >= 15 is 0 Å². The molecule has 0 atom stereocenters. The molecule has 3 heterocycles. The zero-order chi connectivity index (χ0) is 42.9. The van der Waals surface area contributed by atoms with Crippen LogP contribution in [0.4, 0.5) is 0 Å². The van der Waals surface area contributed by atoms with E-state index in [1.165, 1.54) is 49.6 Å². The van der Waals surface area contributed by atoms with E-state index in [-0.39, 0.29) is 27.1 Å². The van der Waals surface area contributed by atoms with Crippen LogP contribution in [0.5, 0.6) is 11.5 Å². The molecule has 0 amide bonds. The first-order chi connectivity index (χ1) is 28.1. The van der Waals surface area contributed by atoms with Crippen LogP contribution >= 0.6 is 0 Å². The average molecular weight is 974 g/mol. The standard InChI is InChI=1S/C54H58N4O.Pt/c1-34-17-20-37(21-18-34)56-33-57(43-25-19-35(29-46(43)56)50(2,3)4)38-15-14-16-39(31-38)59-40-22-23-41-45(32-40)58(47-30-36(27-28-55-47)51(5,6)7)44-26-24-42-49(48(41)44)53(10,11)54(12,13)52(42,8)9;/h14-32H,1-13H3;. The van der Waals surface area contributed by atoms with Crippen LogP contribution in [0.1, 0.15) is 111 Å². The third-order valence-corrected chi connectivity index (χ3v) is 15.5. The molecule has 1 aliphatic rings. The molecule has 5 nitrogen and oxygen atoms in total. The van der Waals surface area contributed by atoms with E-state index in [0.29, 0.717) is 0 Å². The second kappa shape index (κ2) is 13.5. The summed E-state index contributed by atoms with van der Waals surface area (Å²) in [6.45, 7) is 30.4. The fourth-order valence-corrected chi connectivity index (χ4v) is 10.8. The second-order valence-electron chi connectivity index (χ2n) is 20.7. The van der Waals surface area contributed by atoms with Crippen molar-refractivity contribution in [3.05, 3.63) is 147 Å². The van der Waals surface area contributed by atoms with Crippen molar-refractivity contribution in [1.29, 1.82) is 0 Å². The van der Waals surface area contributed by atoms with E-state index in [0.717, 1.165) is 43.5 Å². The summed E-state index contributed by atoms with van der Waals surface area (Å²) in [4.78, 5) is 5.04. The molecule has 60 heavy (non-hydrogen) atoms. The van der Waals surface area contributed by atoms with Crippen molar-refractivity contribution < 1.29 is 24.1 Å². The number of nitrogens with zero attached hydrogens (tertiary/aromatic N) is 4. The number of aromatic nitrogens is 4. The molecule has 0 spiro atoms. The van der Waals surface area contributed by atoms with Gasteiger partial charge in [-0.15, -0.1) is 0 Å². The number of rotatable bonds is 5. The van der Waals surface area contributed by atoms with E-state index in [2.05, 4.69) is 232 Å². The monoisotopic (exact) mass is 973 g/mol. The Bertz CT molecular complexity index is 3080. The number of pyridine rings is 1. The SMILES string of the molecule is Cc1ccc(-n2[c](=[Pt])n(-c3cccc(Oc4ccc5c6c7c(ccc6n(-c6cc(C(C)(C)C)ccn6)c5c4)C(C)(C)C(C)(C)C7(C)C)c3)c3ccc(C(C)(C)C)cc32)cc1. The van der Waals surface area contributed by atoms with Gasteiger partial charge in [0, 0.05) is 6.20 Å². The van der Waals surface area contributed by atoms with Gasteiger partial charge in [0.05, 0.1) is 0 Å². The number of benzene rings is 5.